The minimum atomic E-state index is -0.556. The van der Waals surface area contributed by atoms with Gasteiger partial charge in [0.05, 0.1) is 28.2 Å². The Bertz CT molecular complexity index is 2820. The van der Waals surface area contributed by atoms with E-state index in [1.165, 1.54) is 27.8 Å². The van der Waals surface area contributed by atoms with Crippen LogP contribution in [0.4, 0.5) is 0 Å². The Balaban J connectivity index is 1.11. The van der Waals surface area contributed by atoms with Gasteiger partial charge in [0.1, 0.15) is 0 Å². The SMILES string of the molecule is C1=CCC=CC(c2nc(-c3ccc(-c4nc(-c5ccccc5)cc(-c5ccccc5)n4)cc3)nc3c2C2(c4ccccc4-c4ccccc42)c2ccccc2-3)=C1. The molecular formula is C52H34N4. The van der Waals surface area contributed by atoms with Crippen LogP contribution in [0, 0.1) is 0 Å². The van der Waals surface area contributed by atoms with Crippen molar-refractivity contribution in [2.75, 3.05) is 0 Å². The average Bonchev–Trinajstić information content (AvgIpc) is 3.56. The highest BCUT2D eigenvalue weighted by atomic mass is 14.9. The summed E-state index contributed by atoms with van der Waals surface area (Å²) in [4.78, 5) is 21.2. The molecule has 0 bridgehead atoms. The predicted octanol–water partition coefficient (Wildman–Crippen LogP) is 12.2. The van der Waals surface area contributed by atoms with Gasteiger partial charge >= 0.3 is 0 Å². The largest absolute Gasteiger partial charge is 0.228 e. The first kappa shape index (κ1) is 32.2. The maximum absolute atomic E-state index is 5.54. The first-order valence-electron chi connectivity index (χ1n) is 19.1. The van der Waals surface area contributed by atoms with E-state index in [4.69, 9.17) is 19.9 Å². The van der Waals surface area contributed by atoms with Crippen LogP contribution in [0.25, 0.3) is 73.2 Å². The molecule has 11 rings (SSSR count). The molecule has 3 aliphatic rings. The molecule has 0 atom stereocenters. The Morgan fingerprint density at radius 3 is 1.48 bits per heavy atom. The quantitative estimate of drug-likeness (QED) is 0.178. The predicted molar refractivity (Wildman–Crippen MR) is 227 cm³/mol. The molecule has 4 nitrogen and oxygen atoms in total. The van der Waals surface area contributed by atoms with Gasteiger partial charge in [-0.1, -0.05) is 188 Å². The lowest BCUT2D eigenvalue weighted by atomic mass is 9.69. The number of hydrogen-bond donors (Lipinski definition) is 0. The molecule has 3 aliphatic carbocycles. The van der Waals surface area contributed by atoms with Crippen LogP contribution in [-0.4, -0.2) is 19.9 Å². The summed E-state index contributed by atoms with van der Waals surface area (Å²) in [7, 11) is 0. The van der Waals surface area contributed by atoms with Gasteiger partial charge in [0.15, 0.2) is 11.6 Å². The van der Waals surface area contributed by atoms with Crippen LogP contribution in [0.15, 0.2) is 194 Å². The van der Waals surface area contributed by atoms with Crippen molar-refractivity contribution in [2.45, 2.75) is 11.8 Å². The van der Waals surface area contributed by atoms with Gasteiger partial charge in [0.2, 0.25) is 0 Å². The molecule has 56 heavy (non-hydrogen) atoms. The molecule has 2 heterocycles. The number of nitrogens with zero attached hydrogens (tertiary/aromatic N) is 4. The van der Waals surface area contributed by atoms with Crippen LogP contribution in [-0.2, 0) is 5.41 Å². The highest BCUT2D eigenvalue weighted by molar-refractivity contribution is 5.97. The molecule has 0 fully saturated rings. The molecule has 2 aromatic heterocycles. The molecule has 0 N–H and O–H groups in total. The highest BCUT2D eigenvalue weighted by Crippen LogP contribution is 2.63. The minimum absolute atomic E-state index is 0.556. The van der Waals surface area contributed by atoms with E-state index < -0.39 is 5.41 Å². The molecule has 0 amide bonds. The van der Waals surface area contributed by atoms with Crippen LogP contribution in [0.1, 0.15) is 34.4 Å². The number of benzene rings is 6. The van der Waals surface area contributed by atoms with E-state index in [2.05, 4.69) is 158 Å². The van der Waals surface area contributed by atoms with E-state index >= 15 is 0 Å². The molecule has 8 aromatic rings. The van der Waals surface area contributed by atoms with E-state index in [0.717, 1.165) is 68.2 Å². The van der Waals surface area contributed by atoms with Gasteiger partial charge in [-0.25, -0.2) is 19.9 Å². The molecule has 262 valence electrons. The molecule has 0 saturated heterocycles. The summed E-state index contributed by atoms with van der Waals surface area (Å²) < 4.78 is 0. The summed E-state index contributed by atoms with van der Waals surface area (Å²) in [5.41, 5.74) is 16.8. The lowest BCUT2D eigenvalue weighted by Gasteiger charge is -2.31. The van der Waals surface area contributed by atoms with E-state index in [-0.39, 0.29) is 0 Å². The molecule has 6 aromatic carbocycles. The van der Waals surface area contributed by atoms with Crippen molar-refractivity contribution in [1.82, 2.24) is 19.9 Å². The number of allylic oxidation sites excluding steroid dienone is 6. The first-order chi connectivity index (χ1) is 27.8. The molecular weight excluding hydrogens is 681 g/mol. The molecule has 0 radical (unpaired) electrons. The van der Waals surface area contributed by atoms with E-state index in [1.54, 1.807) is 0 Å². The van der Waals surface area contributed by atoms with Crippen molar-refractivity contribution in [2.24, 2.45) is 0 Å². The highest BCUT2D eigenvalue weighted by Gasteiger charge is 2.54. The van der Waals surface area contributed by atoms with Crippen LogP contribution < -0.4 is 0 Å². The van der Waals surface area contributed by atoms with Gasteiger partial charge in [-0.2, -0.15) is 0 Å². The molecule has 1 spiro atoms. The fourth-order valence-electron chi connectivity index (χ4n) is 8.89. The van der Waals surface area contributed by atoms with Crippen LogP contribution in [0.3, 0.4) is 0 Å². The third-order valence-corrected chi connectivity index (χ3v) is 11.3. The maximum Gasteiger partial charge on any atom is 0.160 e. The second-order valence-corrected chi connectivity index (χ2v) is 14.5. The third-order valence-electron chi connectivity index (χ3n) is 11.3. The first-order valence-corrected chi connectivity index (χ1v) is 19.1. The maximum atomic E-state index is 5.54. The van der Waals surface area contributed by atoms with Crippen LogP contribution in [0.2, 0.25) is 0 Å². The third kappa shape index (κ3) is 4.93. The number of rotatable bonds is 5. The van der Waals surface area contributed by atoms with Gasteiger partial charge in [0, 0.05) is 39.0 Å². The monoisotopic (exact) mass is 714 g/mol. The van der Waals surface area contributed by atoms with Crippen molar-refractivity contribution in [3.8, 4) is 67.7 Å². The Morgan fingerprint density at radius 2 is 0.893 bits per heavy atom. The van der Waals surface area contributed by atoms with Crippen molar-refractivity contribution in [1.29, 1.82) is 0 Å². The van der Waals surface area contributed by atoms with E-state index in [1.807, 2.05) is 36.4 Å². The second kappa shape index (κ2) is 12.9. The zero-order chi connectivity index (χ0) is 37.1. The summed E-state index contributed by atoms with van der Waals surface area (Å²) >= 11 is 0. The van der Waals surface area contributed by atoms with Crippen molar-refractivity contribution >= 4 is 5.57 Å². The molecule has 0 saturated carbocycles. The van der Waals surface area contributed by atoms with Gasteiger partial charge in [-0.3, -0.25) is 0 Å². The summed E-state index contributed by atoms with van der Waals surface area (Å²) in [6, 6.07) is 57.6. The number of hydrogen-bond acceptors (Lipinski definition) is 4. The standard InChI is InChI=1S/C52H34N4/c1-2-6-22-36(21-5-1)48-47-49(41-25-13-16-28-44(41)52(47)42-26-14-11-23-39(42)40-24-12-15-27-43(40)52)56-51(55-48)38-31-29-37(30-32-38)50-53-45(34-17-7-3-8-18-34)33-46(54-50)35-19-9-4-10-20-35/h1,3-33H,2H2. The van der Waals surface area contributed by atoms with Crippen LogP contribution in [0.5, 0.6) is 0 Å². The molecule has 0 aliphatic heterocycles. The van der Waals surface area contributed by atoms with Crippen LogP contribution >= 0.6 is 0 Å². The van der Waals surface area contributed by atoms with Crippen molar-refractivity contribution in [3.63, 3.8) is 0 Å². The van der Waals surface area contributed by atoms with Gasteiger partial charge in [-0.05, 0) is 40.3 Å². The Kier molecular flexibility index (Phi) is 7.42. The van der Waals surface area contributed by atoms with Gasteiger partial charge < -0.3 is 0 Å². The van der Waals surface area contributed by atoms with Crippen molar-refractivity contribution < 1.29 is 0 Å². The summed E-state index contributed by atoms with van der Waals surface area (Å²) in [5.74, 6) is 1.35. The second-order valence-electron chi connectivity index (χ2n) is 14.5. The normalized spacial score (nSPS) is 14.1. The number of fused-ring (bicyclic) bond motifs is 10. The Labute approximate surface area is 326 Å². The van der Waals surface area contributed by atoms with Gasteiger partial charge in [-0.15, -0.1) is 0 Å². The summed E-state index contributed by atoms with van der Waals surface area (Å²) in [6.45, 7) is 0. The molecule has 4 heteroatoms. The average molecular weight is 715 g/mol. The smallest absolute Gasteiger partial charge is 0.160 e. The fourth-order valence-corrected chi connectivity index (χ4v) is 8.89. The van der Waals surface area contributed by atoms with E-state index in [9.17, 15) is 0 Å². The Morgan fingerprint density at radius 1 is 0.411 bits per heavy atom. The summed E-state index contributed by atoms with van der Waals surface area (Å²) in [6.07, 6.45) is 11.9. The van der Waals surface area contributed by atoms with E-state index in [0.29, 0.717) is 11.6 Å². The zero-order valence-corrected chi connectivity index (χ0v) is 30.5. The van der Waals surface area contributed by atoms with Crippen molar-refractivity contribution in [3.05, 3.63) is 222 Å². The minimum Gasteiger partial charge on any atom is -0.228 e. The van der Waals surface area contributed by atoms with Gasteiger partial charge in [0.25, 0.3) is 0 Å². The zero-order valence-electron chi connectivity index (χ0n) is 30.5. The fraction of sp³-hybridized carbons (Fsp3) is 0.0385. The summed E-state index contributed by atoms with van der Waals surface area (Å²) in [5, 5.41) is 0. The number of aromatic nitrogens is 4. The lowest BCUT2D eigenvalue weighted by Crippen LogP contribution is -2.28. The Hall–Kier alpha value is -7.30. The molecule has 0 unspecified atom stereocenters. The lowest BCUT2D eigenvalue weighted by molar-refractivity contribution is 0.781. The topological polar surface area (TPSA) is 51.6 Å².